The van der Waals surface area contributed by atoms with Crippen molar-refractivity contribution in [3.63, 3.8) is 0 Å². The highest BCUT2D eigenvalue weighted by Crippen LogP contribution is 2.16. The monoisotopic (exact) mass is 298 g/mol. The van der Waals surface area contributed by atoms with Crippen molar-refractivity contribution in [2.45, 2.75) is 26.4 Å². The minimum Gasteiger partial charge on any atom is -0.484 e. The summed E-state index contributed by atoms with van der Waals surface area (Å²) in [6.45, 7) is 5.38. The summed E-state index contributed by atoms with van der Waals surface area (Å²) in [6.07, 6.45) is 0. The second kappa shape index (κ2) is 9.31. The van der Waals surface area contributed by atoms with Crippen LogP contribution in [0.1, 0.15) is 19.4 Å². The summed E-state index contributed by atoms with van der Waals surface area (Å²) in [5.74, 6) is -0.271. The number of benzene rings is 1. The van der Waals surface area contributed by atoms with E-state index in [-0.39, 0.29) is 24.4 Å². The van der Waals surface area contributed by atoms with Crippen molar-refractivity contribution in [2.24, 2.45) is 0 Å². The van der Waals surface area contributed by atoms with Crippen molar-refractivity contribution < 1.29 is 18.7 Å². The van der Waals surface area contributed by atoms with Crippen LogP contribution in [0.25, 0.3) is 0 Å². The second-order valence-corrected chi connectivity index (χ2v) is 4.98. The van der Waals surface area contributed by atoms with E-state index in [9.17, 15) is 9.18 Å². The van der Waals surface area contributed by atoms with Gasteiger partial charge in [0.15, 0.2) is 6.61 Å². The first kappa shape index (κ1) is 17.4. The van der Waals surface area contributed by atoms with Crippen LogP contribution in [-0.4, -0.2) is 38.8 Å². The van der Waals surface area contributed by atoms with Crippen LogP contribution in [0.15, 0.2) is 18.2 Å². The van der Waals surface area contributed by atoms with Gasteiger partial charge >= 0.3 is 0 Å². The van der Waals surface area contributed by atoms with Gasteiger partial charge in [0.1, 0.15) is 11.6 Å². The minimum absolute atomic E-state index is 0.0501. The quantitative estimate of drug-likeness (QED) is 0.678. The summed E-state index contributed by atoms with van der Waals surface area (Å²) in [7, 11) is 1.62. The van der Waals surface area contributed by atoms with E-state index in [1.54, 1.807) is 13.2 Å². The van der Waals surface area contributed by atoms with Gasteiger partial charge in [-0.05, 0) is 31.5 Å². The molecule has 6 heteroatoms. The molecule has 0 aliphatic heterocycles. The molecule has 1 rings (SSSR count). The van der Waals surface area contributed by atoms with Crippen molar-refractivity contribution in [1.82, 2.24) is 10.6 Å². The van der Waals surface area contributed by atoms with Crippen molar-refractivity contribution >= 4 is 5.91 Å². The summed E-state index contributed by atoms with van der Waals surface area (Å²) in [5, 5.41) is 5.83. The standard InChI is InChI=1S/C15H23FN2O3/c1-11(2)18-15(19)10-21-14-7-12(6-13(16)8-14)9-17-4-5-20-3/h6-8,11,17H,4-5,9-10H2,1-3H3,(H,18,19). The van der Waals surface area contributed by atoms with Gasteiger partial charge in [-0.1, -0.05) is 0 Å². The number of carbonyl (C=O) groups excluding carboxylic acids is 1. The number of hydrogen-bond donors (Lipinski definition) is 2. The molecule has 5 nitrogen and oxygen atoms in total. The first-order chi connectivity index (χ1) is 10.0. The zero-order chi connectivity index (χ0) is 15.7. The van der Waals surface area contributed by atoms with Crippen LogP contribution in [-0.2, 0) is 16.1 Å². The molecule has 0 saturated heterocycles. The third kappa shape index (κ3) is 7.63. The zero-order valence-corrected chi connectivity index (χ0v) is 12.7. The van der Waals surface area contributed by atoms with Crippen molar-refractivity contribution in [3.8, 4) is 5.75 Å². The van der Waals surface area contributed by atoms with Crippen LogP contribution in [0, 0.1) is 5.82 Å². The minimum atomic E-state index is -0.389. The van der Waals surface area contributed by atoms with Crippen LogP contribution in [0.2, 0.25) is 0 Å². The van der Waals surface area contributed by atoms with Gasteiger partial charge in [-0.3, -0.25) is 4.79 Å². The van der Waals surface area contributed by atoms with Crippen molar-refractivity contribution in [3.05, 3.63) is 29.6 Å². The molecule has 0 aliphatic rings. The fourth-order valence-electron chi connectivity index (χ4n) is 1.73. The van der Waals surface area contributed by atoms with Gasteiger partial charge in [0.2, 0.25) is 0 Å². The maximum absolute atomic E-state index is 13.5. The summed E-state index contributed by atoms with van der Waals surface area (Å²) >= 11 is 0. The number of methoxy groups -OCH3 is 1. The Bertz CT molecular complexity index is 453. The van der Waals surface area contributed by atoms with Crippen molar-refractivity contribution in [1.29, 1.82) is 0 Å². The van der Waals surface area contributed by atoms with E-state index >= 15 is 0 Å². The average Bonchev–Trinajstić information content (AvgIpc) is 2.40. The average molecular weight is 298 g/mol. The number of carbonyl (C=O) groups is 1. The first-order valence-corrected chi connectivity index (χ1v) is 6.92. The Morgan fingerprint density at radius 3 is 2.76 bits per heavy atom. The van der Waals surface area contributed by atoms with Crippen molar-refractivity contribution in [2.75, 3.05) is 26.9 Å². The summed E-state index contributed by atoms with van der Waals surface area (Å²) < 4.78 is 23.7. The number of nitrogens with one attached hydrogen (secondary N) is 2. The molecule has 0 atom stereocenters. The lowest BCUT2D eigenvalue weighted by Gasteiger charge is -2.11. The van der Waals surface area contributed by atoms with Gasteiger partial charge < -0.3 is 20.1 Å². The SMILES string of the molecule is COCCNCc1cc(F)cc(OCC(=O)NC(C)C)c1. The number of hydrogen-bond acceptors (Lipinski definition) is 4. The highest BCUT2D eigenvalue weighted by atomic mass is 19.1. The lowest BCUT2D eigenvalue weighted by atomic mass is 10.2. The molecule has 0 spiro atoms. The molecule has 0 heterocycles. The fraction of sp³-hybridized carbons (Fsp3) is 0.533. The van der Waals surface area contributed by atoms with Crippen LogP contribution in [0.4, 0.5) is 4.39 Å². The second-order valence-electron chi connectivity index (χ2n) is 4.98. The van der Waals surface area contributed by atoms with Gasteiger partial charge in [-0.2, -0.15) is 0 Å². The summed E-state index contributed by atoms with van der Waals surface area (Å²) in [5.41, 5.74) is 0.755. The Labute approximate surface area is 124 Å². The highest BCUT2D eigenvalue weighted by Gasteiger charge is 2.06. The predicted octanol–water partition coefficient (Wildman–Crippen LogP) is 1.47. The van der Waals surface area contributed by atoms with E-state index < -0.39 is 0 Å². The van der Waals surface area contributed by atoms with E-state index in [1.807, 2.05) is 13.8 Å². The maximum atomic E-state index is 13.5. The molecule has 1 aromatic carbocycles. The maximum Gasteiger partial charge on any atom is 0.258 e. The summed E-state index contributed by atoms with van der Waals surface area (Å²) in [4.78, 5) is 11.5. The Hall–Kier alpha value is -1.66. The molecule has 0 fully saturated rings. The third-order valence-corrected chi connectivity index (χ3v) is 2.56. The first-order valence-electron chi connectivity index (χ1n) is 6.92. The number of ether oxygens (including phenoxy) is 2. The normalized spacial score (nSPS) is 10.7. The molecule has 21 heavy (non-hydrogen) atoms. The summed E-state index contributed by atoms with van der Waals surface area (Å²) in [6, 6.07) is 4.46. The molecule has 0 saturated carbocycles. The molecule has 0 bridgehead atoms. The molecule has 118 valence electrons. The van der Waals surface area contributed by atoms with Gasteiger partial charge in [0.05, 0.1) is 6.61 Å². The Kier molecular flexibility index (Phi) is 7.71. The molecular weight excluding hydrogens is 275 g/mol. The van der Waals surface area contributed by atoms with E-state index in [2.05, 4.69) is 10.6 Å². The highest BCUT2D eigenvalue weighted by molar-refractivity contribution is 5.77. The molecule has 2 N–H and O–H groups in total. The molecule has 0 aliphatic carbocycles. The topological polar surface area (TPSA) is 59.6 Å². The van der Waals surface area contributed by atoms with Crippen LogP contribution in [0.3, 0.4) is 0 Å². The van der Waals surface area contributed by atoms with Crippen LogP contribution in [0.5, 0.6) is 5.75 Å². The fourth-order valence-corrected chi connectivity index (χ4v) is 1.73. The molecular formula is C15H23FN2O3. The van der Waals surface area contributed by atoms with Gasteiger partial charge in [-0.15, -0.1) is 0 Å². The molecule has 0 aromatic heterocycles. The number of amides is 1. The largest absolute Gasteiger partial charge is 0.484 e. The number of halogens is 1. The Morgan fingerprint density at radius 1 is 1.33 bits per heavy atom. The Balaban J connectivity index is 2.50. The predicted molar refractivity (Wildman–Crippen MR) is 78.8 cm³/mol. The van der Waals surface area contributed by atoms with E-state index in [0.717, 1.165) is 5.56 Å². The van der Waals surface area contributed by atoms with Gasteiger partial charge in [-0.25, -0.2) is 4.39 Å². The van der Waals surface area contributed by atoms with Gasteiger partial charge in [0, 0.05) is 32.3 Å². The third-order valence-electron chi connectivity index (χ3n) is 2.56. The lowest BCUT2D eigenvalue weighted by Crippen LogP contribution is -2.34. The molecule has 1 amide bonds. The molecule has 0 radical (unpaired) electrons. The molecule has 0 unspecified atom stereocenters. The Morgan fingerprint density at radius 2 is 2.10 bits per heavy atom. The van der Waals surface area contributed by atoms with E-state index in [4.69, 9.17) is 9.47 Å². The zero-order valence-electron chi connectivity index (χ0n) is 12.7. The van der Waals surface area contributed by atoms with Gasteiger partial charge in [0.25, 0.3) is 5.91 Å². The lowest BCUT2D eigenvalue weighted by molar-refractivity contribution is -0.123. The van der Waals surface area contributed by atoms with Crippen LogP contribution < -0.4 is 15.4 Å². The van der Waals surface area contributed by atoms with E-state index in [0.29, 0.717) is 25.4 Å². The molecule has 1 aromatic rings. The van der Waals surface area contributed by atoms with E-state index in [1.165, 1.54) is 12.1 Å². The number of rotatable bonds is 9. The van der Waals surface area contributed by atoms with Crippen LogP contribution >= 0.6 is 0 Å². The smallest absolute Gasteiger partial charge is 0.258 e.